The summed E-state index contributed by atoms with van der Waals surface area (Å²) < 4.78 is 2.65. The first-order chi connectivity index (χ1) is 21.3. The van der Waals surface area contributed by atoms with Gasteiger partial charge in [-0.25, -0.2) is 9.97 Å². The number of nitrogens with zero attached hydrogens (tertiary/aromatic N) is 2. The van der Waals surface area contributed by atoms with E-state index < -0.39 is 0 Å². The van der Waals surface area contributed by atoms with Crippen molar-refractivity contribution in [2.75, 3.05) is 0 Å². The topological polar surface area (TPSA) is 25.8 Å². The average Bonchev–Trinajstić information content (AvgIpc) is 3.45. The molecule has 0 radical (unpaired) electrons. The van der Waals surface area contributed by atoms with Gasteiger partial charge in [-0.2, -0.15) is 0 Å². The molecule has 0 spiro atoms. The second-order valence-corrected chi connectivity index (χ2v) is 12.1. The highest BCUT2D eigenvalue weighted by molar-refractivity contribution is 7.25. The molecule has 0 amide bonds. The van der Waals surface area contributed by atoms with Crippen LogP contribution in [0.25, 0.3) is 86.4 Å². The molecular formula is C40H24N2S. The minimum Gasteiger partial charge on any atom is -0.245 e. The minimum absolute atomic E-state index is 0.925. The third-order valence-electron chi connectivity index (χ3n) is 8.43. The molecule has 9 aromatic rings. The van der Waals surface area contributed by atoms with Gasteiger partial charge in [0.1, 0.15) is 0 Å². The van der Waals surface area contributed by atoms with Crippen LogP contribution in [0, 0.1) is 0 Å². The number of hydrogen-bond donors (Lipinski definition) is 0. The summed E-state index contributed by atoms with van der Waals surface area (Å²) in [5, 5.41) is 7.25. The molecule has 9 rings (SSSR count). The molecule has 0 aliphatic rings. The van der Waals surface area contributed by atoms with Crippen molar-refractivity contribution >= 4 is 64.1 Å². The fourth-order valence-corrected chi connectivity index (χ4v) is 7.29. The SMILES string of the molecule is c1cc(-c2ccc3sc4ccccc4c3c2)cc(-c2ccc3ccc4ccc(-c5ccc6ccccc6c5)nc4c3n2)c1. The summed E-state index contributed by atoms with van der Waals surface area (Å²) in [6.45, 7) is 0. The molecule has 0 aliphatic carbocycles. The van der Waals surface area contributed by atoms with E-state index in [4.69, 9.17) is 9.97 Å². The molecule has 0 bridgehead atoms. The molecule has 0 fully saturated rings. The number of fused-ring (bicyclic) bond motifs is 7. The van der Waals surface area contributed by atoms with Crippen LogP contribution >= 0.6 is 11.3 Å². The average molecular weight is 565 g/mol. The van der Waals surface area contributed by atoms with Gasteiger partial charge in [-0.15, -0.1) is 11.3 Å². The van der Waals surface area contributed by atoms with Gasteiger partial charge in [-0.1, -0.05) is 103 Å². The first-order valence-corrected chi connectivity index (χ1v) is 15.3. The third-order valence-corrected chi connectivity index (χ3v) is 9.59. The maximum Gasteiger partial charge on any atom is 0.0972 e. The van der Waals surface area contributed by atoms with E-state index >= 15 is 0 Å². The number of rotatable bonds is 3. The summed E-state index contributed by atoms with van der Waals surface area (Å²) in [6.07, 6.45) is 0. The zero-order chi connectivity index (χ0) is 28.3. The van der Waals surface area contributed by atoms with Crippen LogP contribution in [-0.2, 0) is 0 Å². The molecule has 0 atom stereocenters. The Morgan fingerprint density at radius 1 is 0.349 bits per heavy atom. The molecule has 0 unspecified atom stereocenters. The first-order valence-electron chi connectivity index (χ1n) is 14.5. The molecule has 3 aromatic heterocycles. The molecule has 0 saturated heterocycles. The summed E-state index contributed by atoms with van der Waals surface area (Å²) >= 11 is 1.85. The van der Waals surface area contributed by atoms with Gasteiger partial charge in [0.2, 0.25) is 0 Å². The Morgan fingerprint density at radius 2 is 0.930 bits per heavy atom. The van der Waals surface area contributed by atoms with Crippen LogP contribution in [0.15, 0.2) is 146 Å². The van der Waals surface area contributed by atoms with Crippen LogP contribution in [-0.4, -0.2) is 9.97 Å². The fraction of sp³-hybridized carbons (Fsp3) is 0. The Kier molecular flexibility index (Phi) is 5.40. The van der Waals surface area contributed by atoms with E-state index in [9.17, 15) is 0 Å². The zero-order valence-electron chi connectivity index (χ0n) is 23.2. The van der Waals surface area contributed by atoms with Gasteiger partial charge in [0.05, 0.1) is 22.4 Å². The molecule has 0 N–H and O–H groups in total. The lowest BCUT2D eigenvalue weighted by Crippen LogP contribution is -1.91. The molecule has 3 heteroatoms. The van der Waals surface area contributed by atoms with Crippen LogP contribution < -0.4 is 0 Å². The molecular weight excluding hydrogens is 541 g/mol. The van der Waals surface area contributed by atoms with Crippen LogP contribution in [0.5, 0.6) is 0 Å². The fourth-order valence-electron chi connectivity index (χ4n) is 6.20. The van der Waals surface area contributed by atoms with Crippen LogP contribution in [0.1, 0.15) is 0 Å². The smallest absolute Gasteiger partial charge is 0.0972 e. The molecule has 3 heterocycles. The van der Waals surface area contributed by atoms with E-state index in [1.54, 1.807) is 0 Å². The van der Waals surface area contributed by atoms with Gasteiger partial charge in [-0.3, -0.25) is 0 Å². The summed E-state index contributed by atoms with van der Waals surface area (Å²) in [7, 11) is 0. The molecule has 43 heavy (non-hydrogen) atoms. The molecule has 0 aliphatic heterocycles. The zero-order valence-corrected chi connectivity index (χ0v) is 24.0. The van der Waals surface area contributed by atoms with Gasteiger partial charge < -0.3 is 0 Å². The standard InChI is InChI=1S/C40H24N2S/c1-2-7-28-22-32(15-12-25(28)6-1)36-20-17-27-14-13-26-16-19-35(41-39(26)40(27)42-36)31-9-5-8-29(23-31)30-18-21-38-34(24-30)33-10-3-4-11-37(33)43-38/h1-24H. The maximum atomic E-state index is 5.21. The van der Waals surface area contributed by atoms with E-state index in [2.05, 4.69) is 146 Å². The summed E-state index contributed by atoms with van der Waals surface area (Å²) in [6, 6.07) is 52.0. The van der Waals surface area contributed by atoms with Crippen molar-refractivity contribution in [3.8, 4) is 33.6 Å². The lowest BCUT2D eigenvalue weighted by molar-refractivity contribution is 1.37. The Balaban J connectivity index is 1.15. The molecule has 2 nitrogen and oxygen atoms in total. The highest BCUT2D eigenvalue weighted by Gasteiger charge is 2.11. The van der Waals surface area contributed by atoms with Crippen molar-refractivity contribution < 1.29 is 0 Å². The Labute approximate surface area is 252 Å². The van der Waals surface area contributed by atoms with E-state index in [1.165, 1.54) is 42.1 Å². The van der Waals surface area contributed by atoms with E-state index in [0.29, 0.717) is 0 Å². The lowest BCUT2D eigenvalue weighted by Gasteiger charge is -2.10. The highest BCUT2D eigenvalue weighted by atomic mass is 32.1. The van der Waals surface area contributed by atoms with E-state index in [-0.39, 0.29) is 0 Å². The van der Waals surface area contributed by atoms with Crippen molar-refractivity contribution in [1.29, 1.82) is 0 Å². The highest BCUT2D eigenvalue weighted by Crippen LogP contribution is 2.37. The molecule has 200 valence electrons. The van der Waals surface area contributed by atoms with Crippen molar-refractivity contribution in [1.82, 2.24) is 9.97 Å². The normalized spacial score (nSPS) is 11.7. The van der Waals surface area contributed by atoms with Crippen LogP contribution in [0.4, 0.5) is 0 Å². The van der Waals surface area contributed by atoms with E-state index in [0.717, 1.165) is 44.3 Å². The van der Waals surface area contributed by atoms with Gasteiger partial charge in [0.25, 0.3) is 0 Å². The van der Waals surface area contributed by atoms with Gasteiger partial charge in [0.15, 0.2) is 0 Å². The first kappa shape index (κ1) is 24.2. The van der Waals surface area contributed by atoms with Crippen molar-refractivity contribution in [3.05, 3.63) is 146 Å². The molecule has 0 saturated carbocycles. The summed E-state index contributed by atoms with van der Waals surface area (Å²) in [4.78, 5) is 10.4. The number of aromatic nitrogens is 2. The quantitative estimate of drug-likeness (QED) is 0.199. The molecule has 6 aromatic carbocycles. The Morgan fingerprint density at radius 3 is 1.74 bits per heavy atom. The number of hydrogen-bond acceptors (Lipinski definition) is 3. The lowest BCUT2D eigenvalue weighted by atomic mass is 9.99. The van der Waals surface area contributed by atoms with Crippen LogP contribution in [0.2, 0.25) is 0 Å². The van der Waals surface area contributed by atoms with Gasteiger partial charge >= 0.3 is 0 Å². The second-order valence-electron chi connectivity index (χ2n) is 11.1. The summed E-state index contributed by atoms with van der Waals surface area (Å²) in [5.74, 6) is 0. The van der Waals surface area contributed by atoms with Crippen LogP contribution in [0.3, 0.4) is 0 Å². The number of pyridine rings is 2. The van der Waals surface area contributed by atoms with Crippen molar-refractivity contribution in [2.24, 2.45) is 0 Å². The minimum atomic E-state index is 0.925. The third kappa shape index (κ3) is 4.09. The van der Waals surface area contributed by atoms with Crippen molar-refractivity contribution in [3.63, 3.8) is 0 Å². The van der Waals surface area contributed by atoms with Crippen molar-refractivity contribution in [2.45, 2.75) is 0 Å². The predicted octanol–water partition coefficient (Wildman–Crippen LogP) is 11.3. The number of benzene rings is 6. The van der Waals surface area contributed by atoms with Gasteiger partial charge in [0, 0.05) is 42.1 Å². The van der Waals surface area contributed by atoms with E-state index in [1.807, 2.05) is 11.3 Å². The number of thiophene rings is 1. The maximum absolute atomic E-state index is 5.21. The second kappa shape index (κ2) is 9.59. The largest absolute Gasteiger partial charge is 0.245 e. The van der Waals surface area contributed by atoms with Gasteiger partial charge in [-0.05, 0) is 64.4 Å². The monoisotopic (exact) mass is 564 g/mol. The summed E-state index contributed by atoms with van der Waals surface area (Å²) in [5.41, 5.74) is 8.36. The Bertz CT molecular complexity index is 2520. The predicted molar refractivity (Wildman–Crippen MR) is 184 cm³/mol. The Hall–Kier alpha value is -5.38.